The Morgan fingerprint density at radius 1 is 1.29 bits per heavy atom. The fourth-order valence-corrected chi connectivity index (χ4v) is 1.72. The lowest BCUT2D eigenvalue weighted by molar-refractivity contribution is 0.171. The molecule has 0 fully saturated rings. The van der Waals surface area contributed by atoms with Crippen LogP contribution in [0.15, 0.2) is 12.1 Å². The number of hydrogen-bond acceptors (Lipinski definition) is 3. The van der Waals surface area contributed by atoms with E-state index in [1.54, 1.807) is 7.11 Å². The third kappa shape index (κ3) is 3.37. The first-order valence-corrected chi connectivity index (χ1v) is 5.90. The van der Waals surface area contributed by atoms with Gasteiger partial charge >= 0.3 is 0 Å². The molecule has 0 saturated heterocycles. The Morgan fingerprint density at radius 3 is 2.47 bits per heavy atom. The van der Waals surface area contributed by atoms with Gasteiger partial charge in [-0.1, -0.05) is 19.9 Å². The van der Waals surface area contributed by atoms with E-state index < -0.39 is 0 Å². The average molecular weight is 237 g/mol. The number of hydrogen-bond donors (Lipinski definition) is 2. The van der Waals surface area contributed by atoms with Gasteiger partial charge < -0.3 is 15.2 Å². The van der Waals surface area contributed by atoms with Gasteiger partial charge in [-0.2, -0.15) is 0 Å². The molecule has 1 aromatic rings. The predicted molar refractivity (Wildman–Crippen MR) is 71.8 cm³/mol. The second-order valence-corrected chi connectivity index (χ2v) is 5.26. The van der Waals surface area contributed by atoms with Gasteiger partial charge in [0, 0.05) is 29.8 Å². The molecule has 0 aliphatic rings. The Kier molecular flexibility index (Phi) is 4.40. The molecule has 3 nitrogen and oxygen atoms in total. The van der Waals surface area contributed by atoms with Crippen molar-refractivity contribution < 1.29 is 9.84 Å². The summed E-state index contributed by atoms with van der Waals surface area (Å²) in [6, 6.07) is 4.10. The van der Waals surface area contributed by atoms with Crippen LogP contribution in [0.5, 0.6) is 5.75 Å². The Morgan fingerprint density at radius 2 is 1.94 bits per heavy atom. The number of ether oxygens (including phenoxy) is 1. The molecular formula is C14H23NO2. The van der Waals surface area contributed by atoms with E-state index >= 15 is 0 Å². The Balaban J connectivity index is 2.86. The van der Waals surface area contributed by atoms with E-state index in [1.165, 1.54) is 0 Å². The maximum atomic E-state index is 9.22. The maximum absolute atomic E-state index is 9.22. The molecule has 0 bridgehead atoms. The molecule has 0 atom stereocenters. The van der Waals surface area contributed by atoms with Crippen LogP contribution in [0.4, 0.5) is 5.69 Å². The van der Waals surface area contributed by atoms with E-state index in [1.807, 2.05) is 33.8 Å². The SMILES string of the molecule is COc1c(C)ccc(NCC(C)(C)CO)c1C. The summed E-state index contributed by atoms with van der Waals surface area (Å²) in [4.78, 5) is 0. The fraction of sp³-hybridized carbons (Fsp3) is 0.571. The van der Waals surface area contributed by atoms with Crippen molar-refractivity contribution in [2.24, 2.45) is 5.41 Å². The number of benzene rings is 1. The third-order valence-electron chi connectivity index (χ3n) is 2.99. The van der Waals surface area contributed by atoms with E-state index in [4.69, 9.17) is 4.74 Å². The molecule has 96 valence electrons. The summed E-state index contributed by atoms with van der Waals surface area (Å²) in [6.45, 7) is 9.04. The van der Waals surface area contributed by atoms with Gasteiger partial charge in [-0.3, -0.25) is 0 Å². The number of methoxy groups -OCH3 is 1. The standard InChI is InChI=1S/C14H23NO2/c1-10-6-7-12(11(2)13(10)17-5)15-8-14(3,4)9-16/h6-7,15-16H,8-9H2,1-5H3. The zero-order chi connectivity index (χ0) is 13.1. The summed E-state index contributed by atoms with van der Waals surface area (Å²) in [6.07, 6.45) is 0. The van der Waals surface area contributed by atoms with Gasteiger partial charge in [0.05, 0.1) is 7.11 Å². The largest absolute Gasteiger partial charge is 0.496 e. The first kappa shape index (κ1) is 13.8. The minimum atomic E-state index is -0.120. The van der Waals surface area contributed by atoms with Gasteiger partial charge in [-0.05, 0) is 25.5 Å². The Hall–Kier alpha value is -1.22. The number of aryl methyl sites for hydroxylation is 1. The Bertz CT molecular complexity index is 386. The molecule has 0 spiro atoms. The molecule has 0 amide bonds. The van der Waals surface area contributed by atoms with Gasteiger partial charge in [0.25, 0.3) is 0 Å². The van der Waals surface area contributed by atoms with E-state index in [9.17, 15) is 5.11 Å². The molecule has 1 aromatic carbocycles. The number of anilines is 1. The number of rotatable bonds is 5. The van der Waals surface area contributed by atoms with Crippen molar-refractivity contribution in [1.82, 2.24) is 0 Å². The molecular weight excluding hydrogens is 214 g/mol. The highest BCUT2D eigenvalue weighted by atomic mass is 16.5. The van der Waals surface area contributed by atoms with Gasteiger partial charge in [-0.15, -0.1) is 0 Å². The zero-order valence-electron chi connectivity index (χ0n) is 11.4. The van der Waals surface area contributed by atoms with E-state index in [-0.39, 0.29) is 12.0 Å². The highest BCUT2D eigenvalue weighted by Crippen LogP contribution is 2.29. The molecule has 0 aromatic heterocycles. The van der Waals surface area contributed by atoms with Crippen molar-refractivity contribution in [3.8, 4) is 5.75 Å². The second kappa shape index (κ2) is 5.41. The maximum Gasteiger partial charge on any atom is 0.126 e. The minimum absolute atomic E-state index is 0.120. The molecule has 0 aliphatic carbocycles. The predicted octanol–water partition coefficient (Wildman–Crippen LogP) is 2.74. The summed E-state index contributed by atoms with van der Waals surface area (Å²) in [7, 11) is 1.69. The van der Waals surface area contributed by atoms with Gasteiger partial charge in [0.2, 0.25) is 0 Å². The van der Waals surface area contributed by atoms with E-state index in [2.05, 4.69) is 11.4 Å². The quantitative estimate of drug-likeness (QED) is 0.827. The van der Waals surface area contributed by atoms with Crippen LogP contribution < -0.4 is 10.1 Å². The highest BCUT2D eigenvalue weighted by Gasteiger charge is 2.17. The molecule has 0 aliphatic heterocycles. The van der Waals surface area contributed by atoms with E-state index in [0.29, 0.717) is 0 Å². The normalized spacial score (nSPS) is 11.4. The summed E-state index contributed by atoms with van der Waals surface area (Å²) < 4.78 is 5.39. The summed E-state index contributed by atoms with van der Waals surface area (Å²) >= 11 is 0. The number of nitrogens with one attached hydrogen (secondary N) is 1. The third-order valence-corrected chi connectivity index (χ3v) is 2.99. The summed E-state index contributed by atoms with van der Waals surface area (Å²) in [5.41, 5.74) is 3.19. The van der Waals surface area contributed by atoms with E-state index in [0.717, 1.165) is 29.1 Å². The Labute approximate surface area is 104 Å². The van der Waals surface area contributed by atoms with Crippen molar-refractivity contribution in [3.63, 3.8) is 0 Å². The van der Waals surface area contributed by atoms with Crippen molar-refractivity contribution >= 4 is 5.69 Å². The molecule has 1 rings (SSSR count). The van der Waals surface area contributed by atoms with Crippen LogP contribution in [0.3, 0.4) is 0 Å². The molecule has 0 saturated carbocycles. The van der Waals surface area contributed by atoms with Crippen LogP contribution in [-0.4, -0.2) is 25.4 Å². The van der Waals surface area contributed by atoms with Crippen LogP contribution in [0.1, 0.15) is 25.0 Å². The van der Waals surface area contributed by atoms with Crippen LogP contribution in [-0.2, 0) is 0 Å². The zero-order valence-corrected chi connectivity index (χ0v) is 11.4. The van der Waals surface area contributed by atoms with Gasteiger partial charge in [0.1, 0.15) is 5.75 Å². The monoisotopic (exact) mass is 237 g/mol. The van der Waals surface area contributed by atoms with Crippen LogP contribution in [0, 0.1) is 19.3 Å². The van der Waals surface area contributed by atoms with Crippen LogP contribution in [0.2, 0.25) is 0 Å². The minimum Gasteiger partial charge on any atom is -0.496 e. The lowest BCUT2D eigenvalue weighted by Gasteiger charge is -2.24. The molecule has 17 heavy (non-hydrogen) atoms. The average Bonchev–Trinajstić information content (AvgIpc) is 2.29. The van der Waals surface area contributed by atoms with Crippen LogP contribution >= 0.6 is 0 Å². The molecule has 0 heterocycles. The summed E-state index contributed by atoms with van der Waals surface area (Å²) in [5.74, 6) is 0.928. The highest BCUT2D eigenvalue weighted by molar-refractivity contribution is 5.59. The van der Waals surface area contributed by atoms with Gasteiger partial charge in [0.15, 0.2) is 0 Å². The lowest BCUT2D eigenvalue weighted by Crippen LogP contribution is -2.27. The van der Waals surface area contributed by atoms with Crippen LogP contribution in [0.25, 0.3) is 0 Å². The van der Waals surface area contributed by atoms with Crippen molar-refractivity contribution in [3.05, 3.63) is 23.3 Å². The summed E-state index contributed by atoms with van der Waals surface area (Å²) in [5, 5.41) is 12.6. The topological polar surface area (TPSA) is 41.5 Å². The first-order valence-electron chi connectivity index (χ1n) is 5.90. The first-order chi connectivity index (χ1) is 7.91. The molecule has 3 heteroatoms. The fourth-order valence-electron chi connectivity index (χ4n) is 1.72. The van der Waals surface area contributed by atoms with Crippen molar-refractivity contribution in [2.75, 3.05) is 25.6 Å². The molecule has 2 N–H and O–H groups in total. The number of aliphatic hydroxyl groups is 1. The van der Waals surface area contributed by atoms with Gasteiger partial charge in [-0.25, -0.2) is 0 Å². The lowest BCUT2D eigenvalue weighted by atomic mass is 9.94. The van der Waals surface area contributed by atoms with Crippen molar-refractivity contribution in [1.29, 1.82) is 0 Å². The molecule has 0 radical (unpaired) electrons. The smallest absolute Gasteiger partial charge is 0.126 e. The number of aliphatic hydroxyl groups excluding tert-OH is 1. The molecule has 0 unspecified atom stereocenters. The second-order valence-electron chi connectivity index (χ2n) is 5.26. The van der Waals surface area contributed by atoms with Crippen molar-refractivity contribution in [2.45, 2.75) is 27.7 Å².